The zero-order chi connectivity index (χ0) is 49.8. The van der Waals surface area contributed by atoms with Crippen LogP contribution < -0.4 is 16.4 Å². The van der Waals surface area contributed by atoms with E-state index in [2.05, 4.69) is 38.8 Å². The van der Waals surface area contributed by atoms with E-state index in [0.717, 1.165) is 73.3 Å². The molecule has 2 aromatic heterocycles. The number of ether oxygens (including phenoxy) is 1. The van der Waals surface area contributed by atoms with Crippen LogP contribution in [0.4, 0.5) is 11.4 Å². The Hall–Kier alpha value is -6.99. The number of hydrogen-bond acceptors (Lipinski definition) is 11. The lowest BCUT2D eigenvalue weighted by molar-refractivity contribution is -0.182. The van der Waals surface area contributed by atoms with Gasteiger partial charge in [-0.25, -0.2) is 9.97 Å². The van der Waals surface area contributed by atoms with E-state index in [-0.39, 0.29) is 59.4 Å². The summed E-state index contributed by atoms with van der Waals surface area (Å²) < 4.78 is 8.44. The minimum absolute atomic E-state index is 0.0237. The average molecular weight is 972 g/mol. The van der Waals surface area contributed by atoms with Crippen LogP contribution in [0.1, 0.15) is 154 Å². The van der Waals surface area contributed by atoms with Gasteiger partial charge in [0.1, 0.15) is 17.7 Å². The Bertz CT molecular complexity index is 2870. The summed E-state index contributed by atoms with van der Waals surface area (Å²) in [6.45, 7) is 6.31. The number of anilines is 2. The van der Waals surface area contributed by atoms with Gasteiger partial charge in [-0.3, -0.25) is 28.6 Å². The molecule has 11 rings (SSSR count). The Morgan fingerprint density at radius 2 is 1.35 bits per heavy atom. The second kappa shape index (κ2) is 19.2. The largest absolute Gasteiger partial charge is 0.421 e. The highest BCUT2D eigenvalue weighted by Crippen LogP contribution is 2.54. The molecule has 16 nitrogen and oxygen atoms in total. The van der Waals surface area contributed by atoms with E-state index in [1.807, 2.05) is 58.5 Å². The molecule has 0 spiro atoms. The van der Waals surface area contributed by atoms with Gasteiger partial charge in [-0.1, -0.05) is 80.3 Å². The standard InChI is InChI=1S/C56H65N11O5/c1-56(2,3)54(71)72-55(66-32-34(31-57)61-50(66)46-40-26-30-64(52(69)35-17-7-11-21-41(35)58)48(40)37-19-9-13-23-43(37)63-46)67(51(68)33-15-5-4-6-16-33)44-24-14-10-20-38(44)53(70)65-29-25-39-45(49-59-27-28-60-49)62-42-22-12-8-18-36(42)47(39)65/h4-6,8-9,12-13,15-16,18-19,22-23,27-28,32,35,38-41,44-48,55,62-63H,7,10-11,14,17,20-21,24-26,29-30,58H2,1-3H3,(H,59,60)/t35-,38-,39+,40+,41+,44+,45+,46+,47-,48-,55?/m0/s1. The van der Waals surface area contributed by atoms with Crippen LogP contribution in [0.2, 0.25) is 0 Å². The molecule has 0 radical (unpaired) electrons. The maximum atomic E-state index is 15.8. The summed E-state index contributed by atoms with van der Waals surface area (Å²) in [5.41, 5.74) is 9.87. The number of fused-ring (bicyclic) bond motifs is 6. The Morgan fingerprint density at radius 1 is 0.764 bits per heavy atom. The van der Waals surface area contributed by atoms with Crippen molar-refractivity contribution < 1.29 is 23.9 Å². The van der Waals surface area contributed by atoms with Gasteiger partial charge in [-0.15, -0.1) is 0 Å². The van der Waals surface area contributed by atoms with E-state index in [1.54, 1.807) is 66.9 Å². The zero-order valence-electron chi connectivity index (χ0n) is 41.3. The van der Waals surface area contributed by atoms with Gasteiger partial charge in [0.25, 0.3) is 12.3 Å². The number of imidazole rings is 2. The highest BCUT2D eigenvalue weighted by molar-refractivity contribution is 5.95. The van der Waals surface area contributed by atoms with E-state index in [9.17, 15) is 14.9 Å². The van der Waals surface area contributed by atoms with Gasteiger partial charge in [0.15, 0.2) is 5.69 Å². The lowest BCUT2D eigenvalue weighted by Crippen LogP contribution is -2.55. The third-order valence-electron chi connectivity index (χ3n) is 16.6. The molecular formula is C56H65N11O5. The highest BCUT2D eigenvalue weighted by atomic mass is 16.6. The van der Waals surface area contributed by atoms with Crippen LogP contribution in [0.5, 0.6) is 0 Å². The smallest absolute Gasteiger partial charge is 0.314 e. The lowest BCUT2D eigenvalue weighted by atomic mass is 9.80. The number of nitriles is 1. The number of nitrogens with zero attached hydrogens (tertiary/aromatic N) is 7. The van der Waals surface area contributed by atoms with E-state index < -0.39 is 41.6 Å². The van der Waals surface area contributed by atoms with Crippen molar-refractivity contribution in [1.82, 2.24) is 34.2 Å². The van der Waals surface area contributed by atoms with Gasteiger partial charge in [0, 0.05) is 72.5 Å². The fourth-order valence-corrected chi connectivity index (χ4v) is 13.1. The van der Waals surface area contributed by atoms with E-state index >= 15 is 9.59 Å². The number of aromatic amines is 1. The average Bonchev–Trinajstić information content (AvgIpc) is 4.25. The first-order valence-corrected chi connectivity index (χ1v) is 26.1. The first kappa shape index (κ1) is 47.3. The lowest BCUT2D eigenvalue weighted by Gasteiger charge is -2.46. The Kier molecular flexibility index (Phi) is 12.6. The number of aromatic nitrogens is 4. The number of benzene rings is 3. The van der Waals surface area contributed by atoms with Crippen LogP contribution in [0.25, 0.3) is 0 Å². The van der Waals surface area contributed by atoms with Crippen molar-refractivity contribution >= 4 is 35.1 Å². The molecule has 2 saturated heterocycles. The molecule has 72 heavy (non-hydrogen) atoms. The Labute approximate surface area is 420 Å². The summed E-state index contributed by atoms with van der Waals surface area (Å²) in [7, 11) is 0. The van der Waals surface area contributed by atoms with Crippen LogP contribution in [0.15, 0.2) is 97.5 Å². The summed E-state index contributed by atoms with van der Waals surface area (Å²) in [5, 5.41) is 18.2. The molecule has 3 aromatic carbocycles. The minimum atomic E-state index is -1.47. The number of esters is 1. The number of hydrogen-bond donors (Lipinski definition) is 4. The molecule has 1 unspecified atom stereocenters. The second-order valence-corrected chi connectivity index (χ2v) is 21.8. The van der Waals surface area contributed by atoms with E-state index in [1.165, 1.54) is 0 Å². The molecule has 3 amide bonds. The molecule has 11 atom stereocenters. The Balaban J connectivity index is 1.02. The van der Waals surface area contributed by atoms with Crippen molar-refractivity contribution in [3.05, 3.63) is 131 Å². The quantitative estimate of drug-likeness (QED) is 0.0813. The molecular weight excluding hydrogens is 907 g/mol. The summed E-state index contributed by atoms with van der Waals surface area (Å²) >= 11 is 0. The summed E-state index contributed by atoms with van der Waals surface area (Å²) in [6.07, 6.45) is 11.0. The molecule has 6 aliphatic rings. The van der Waals surface area contributed by atoms with Gasteiger partial charge < -0.3 is 35.9 Å². The molecule has 2 aliphatic carbocycles. The normalized spacial score (nSPS) is 27.9. The highest BCUT2D eigenvalue weighted by Gasteiger charge is 2.53. The van der Waals surface area contributed by atoms with Crippen LogP contribution in [0, 0.1) is 40.4 Å². The minimum Gasteiger partial charge on any atom is -0.421 e. The van der Waals surface area contributed by atoms with Crippen molar-refractivity contribution in [3.8, 4) is 6.07 Å². The maximum absolute atomic E-state index is 15.8. The van der Waals surface area contributed by atoms with Crippen LogP contribution >= 0.6 is 0 Å². The van der Waals surface area contributed by atoms with E-state index in [4.69, 9.17) is 15.5 Å². The fourth-order valence-electron chi connectivity index (χ4n) is 13.1. The summed E-state index contributed by atoms with van der Waals surface area (Å²) in [5.74, 6) is -0.940. The predicted molar refractivity (Wildman–Crippen MR) is 269 cm³/mol. The second-order valence-electron chi connectivity index (χ2n) is 21.8. The van der Waals surface area contributed by atoms with Crippen molar-refractivity contribution in [2.24, 2.45) is 34.8 Å². The third-order valence-corrected chi connectivity index (χ3v) is 16.6. The number of nitrogens with two attached hydrogens (primary N) is 1. The number of likely N-dealkylation sites (tertiary alicyclic amines) is 2. The number of rotatable bonds is 9. The molecule has 4 aliphatic heterocycles. The number of carbonyl (C=O) groups excluding carboxylic acids is 4. The number of para-hydroxylation sites is 2. The van der Waals surface area contributed by atoms with Gasteiger partial charge in [0.05, 0.1) is 41.4 Å². The number of carbonyl (C=O) groups is 4. The number of nitrogens with one attached hydrogen (secondary N) is 3. The molecule has 374 valence electrons. The fraction of sp³-hybridized carbons (Fsp3) is 0.482. The van der Waals surface area contributed by atoms with Crippen molar-refractivity contribution in [2.75, 3.05) is 23.7 Å². The van der Waals surface area contributed by atoms with E-state index in [0.29, 0.717) is 43.7 Å². The SMILES string of the molecule is CC(C)(C)C(=O)OC(N(C(=O)c1ccccc1)[C@@H]1CCCC[C@@H]1C(=O)N1CC[C@@H]2[C@H](c3ncc[nH]3)Nc3ccccc3[C@@H]21)n1cc(C#N)nc1[C@@H]1Nc2ccccc2[C@H]2[C@@H]1CCN2C(=O)[C@H]1CCCC[C@H]1N. The number of H-pyrrole nitrogens is 1. The van der Waals surface area contributed by atoms with Crippen LogP contribution in [0.3, 0.4) is 0 Å². The van der Waals surface area contributed by atoms with Gasteiger partial charge in [0.2, 0.25) is 11.8 Å². The first-order valence-electron chi connectivity index (χ1n) is 26.1. The molecule has 5 N–H and O–H groups in total. The van der Waals surface area contributed by atoms with Crippen LogP contribution in [-0.2, 0) is 19.1 Å². The topological polar surface area (TPSA) is 208 Å². The van der Waals surface area contributed by atoms with Crippen molar-refractivity contribution in [3.63, 3.8) is 0 Å². The number of amides is 3. The van der Waals surface area contributed by atoms with Gasteiger partial charge >= 0.3 is 5.97 Å². The van der Waals surface area contributed by atoms with Gasteiger partial charge in [-0.05, 0) is 94.7 Å². The molecule has 0 bridgehead atoms. The molecule has 2 saturated carbocycles. The third kappa shape index (κ3) is 8.38. The van der Waals surface area contributed by atoms with Crippen molar-refractivity contribution in [1.29, 1.82) is 5.26 Å². The zero-order valence-corrected chi connectivity index (χ0v) is 41.3. The molecule has 5 aromatic rings. The molecule has 4 fully saturated rings. The van der Waals surface area contributed by atoms with Crippen LogP contribution in [-0.4, -0.2) is 83.1 Å². The monoisotopic (exact) mass is 972 g/mol. The molecule has 16 heteroatoms. The Morgan fingerprint density at radius 3 is 1.97 bits per heavy atom. The summed E-state index contributed by atoms with van der Waals surface area (Å²) in [4.78, 5) is 79.5. The molecule has 6 heterocycles. The van der Waals surface area contributed by atoms with Gasteiger partial charge in [-0.2, -0.15) is 5.26 Å². The maximum Gasteiger partial charge on any atom is 0.314 e. The van der Waals surface area contributed by atoms with Crippen molar-refractivity contribution in [2.45, 2.75) is 128 Å². The summed E-state index contributed by atoms with van der Waals surface area (Å²) in [6, 6.07) is 25.0. The predicted octanol–water partition coefficient (Wildman–Crippen LogP) is 8.55. The first-order chi connectivity index (χ1) is 34.9.